The molecule has 0 aromatic rings. The predicted molar refractivity (Wildman–Crippen MR) is 84.8 cm³/mol. The molecule has 2 N–H and O–H groups in total. The van der Waals surface area contributed by atoms with Crippen molar-refractivity contribution in [3.8, 4) is 0 Å². The fourth-order valence-electron chi connectivity index (χ4n) is 2.03. The van der Waals surface area contributed by atoms with Gasteiger partial charge in [-0.05, 0) is 41.5 Å². The molecule has 1 saturated heterocycles. The van der Waals surface area contributed by atoms with Crippen molar-refractivity contribution < 1.29 is 24.3 Å². The SMILES string of the molecule is CC(C)(C)OC(=O)NC1CN(C(=O)OC(C)(C)C)CCC1=NO. The first kappa shape index (κ1) is 19.1. The lowest BCUT2D eigenvalue weighted by Crippen LogP contribution is -2.55. The van der Waals surface area contributed by atoms with Crippen molar-refractivity contribution in [1.29, 1.82) is 0 Å². The molecule has 0 aromatic heterocycles. The molecule has 0 aliphatic carbocycles. The zero-order valence-electron chi connectivity index (χ0n) is 14.7. The van der Waals surface area contributed by atoms with Gasteiger partial charge in [-0.1, -0.05) is 5.16 Å². The predicted octanol–water partition coefficient (Wildman–Crippen LogP) is 2.35. The van der Waals surface area contributed by atoms with Crippen molar-refractivity contribution in [2.45, 2.75) is 65.2 Å². The minimum Gasteiger partial charge on any atom is -0.444 e. The molecule has 0 bridgehead atoms. The fraction of sp³-hybridized carbons (Fsp3) is 0.800. The summed E-state index contributed by atoms with van der Waals surface area (Å²) < 4.78 is 10.5. The number of amides is 2. The number of hydrogen-bond donors (Lipinski definition) is 2. The van der Waals surface area contributed by atoms with Crippen LogP contribution in [0.15, 0.2) is 5.16 Å². The van der Waals surface area contributed by atoms with Crippen LogP contribution < -0.4 is 5.32 Å². The van der Waals surface area contributed by atoms with Crippen molar-refractivity contribution in [2.24, 2.45) is 5.16 Å². The van der Waals surface area contributed by atoms with Crippen LogP contribution in [0.1, 0.15) is 48.0 Å². The van der Waals surface area contributed by atoms with E-state index < -0.39 is 29.4 Å². The van der Waals surface area contributed by atoms with E-state index in [1.54, 1.807) is 41.5 Å². The highest BCUT2D eigenvalue weighted by Crippen LogP contribution is 2.15. The normalized spacial score (nSPS) is 21.0. The van der Waals surface area contributed by atoms with Gasteiger partial charge in [0.15, 0.2) is 0 Å². The van der Waals surface area contributed by atoms with Gasteiger partial charge in [-0.15, -0.1) is 0 Å². The zero-order chi connectivity index (χ0) is 17.8. The Morgan fingerprint density at radius 1 is 1.17 bits per heavy atom. The van der Waals surface area contributed by atoms with Crippen molar-refractivity contribution in [3.05, 3.63) is 0 Å². The van der Waals surface area contributed by atoms with Crippen LogP contribution in [0.3, 0.4) is 0 Å². The van der Waals surface area contributed by atoms with Crippen LogP contribution in [-0.2, 0) is 9.47 Å². The number of alkyl carbamates (subject to hydrolysis) is 1. The summed E-state index contributed by atoms with van der Waals surface area (Å²) in [6, 6.07) is -0.615. The summed E-state index contributed by atoms with van der Waals surface area (Å²) in [6.07, 6.45) is -0.754. The third-order valence-electron chi connectivity index (χ3n) is 2.91. The Bertz CT molecular complexity index is 476. The van der Waals surface area contributed by atoms with Crippen LogP contribution in [0.2, 0.25) is 0 Å². The van der Waals surface area contributed by atoms with Gasteiger partial charge in [0, 0.05) is 19.5 Å². The summed E-state index contributed by atoms with van der Waals surface area (Å²) >= 11 is 0. The number of carbonyl (C=O) groups is 2. The maximum atomic E-state index is 12.1. The number of oxime groups is 1. The monoisotopic (exact) mass is 329 g/mol. The third-order valence-corrected chi connectivity index (χ3v) is 2.91. The second-order valence-electron chi connectivity index (χ2n) is 7.47. The van der Waals surface area contributed by atoms with Gasteiger partial charge >= 0.3 is 12.2 Å². The van der Waals surface area contributed by atoms with Gasteiger partial charge in [-0.3, -0.25) is 0 Å². The Hall–Kier alpha value is -1.99. The van der Waals surface area contributed by atoms with Gasteiger partial charge in [0.2, 0.25) is 0 Å². The molecule has 0 aromatic carbocycles. The lowest BCUT2D eigenvalue weighted by molar-refractivity contribution is 0.0215. The Balaban J connectivity index is 2.72. The molecular formula is C15H27N3O5. The topological polar surface area (TPSA) is 100 Å². The molecule has 1 aliphatic rings. The average Bonchev–Trinajstić information content (AvgIpc) is 2.34. The number of rotatable bonds is 1. The van der Waals surface area contributed by atoms with E-state index in [1.807, 2.05) is 0 Å². The summed E-state index contributed by atoms with van der Waals surface area (Å²) in [7, 11) is 0. The van der Waals surface area contributed by atoms with Crippen molar-refractivity contribution in [3.63, 3.8) is 0 Å². The maximum Gasteiger partial charge on any atom is 0.410 e. The molecule has 8 nitrogen and oxygen atoms in total. The number of likely N-dealkylation sites (tertiary alicyclic amines) is 1. The van der Waals surface area contributed by atoms with E-state index in [2.05, 4.69) is 10.5 Å². The van der Waals surface area contributed by atoms with Gasteiger partial charge in [-0.25, -0.2) is 9.59 Å². The van der Waals surface area contributed by atoms with Gasteiger partial charge in [0.1, 0.15) is 11.2 Å². The van der Waals surface area contributed by atoms with Crippen molar-refractivity contribution >= 4 is 17.9 Å². The first-order valence-electron chi connectivity index (χ1n) is 7.59. The van der Waals surface area contributed by atoms with E-state index in [4.69, 9.17) is 14.7 Å². The largest absolute Gasteiger partial charge is 0.444 e. The van der Waals surface area contributed by atoms with Crippen LogP contribution in [0.25, 0.3) is 0 Å². The highest BCUT2D eigenvalue weighted by atomic mass is 16.6. The van der Waals surface area contributed by atoms with E-state index in [0.29, 0.717) is 18.7 Å². The molecule has 1 fully saturated rings. The number of nitrogens with zero attached hydrogens (tertiary/aromatic N) is 2. The van der Waals surface area contributed by atoms with E-state index in [1.165, 1.54) is 4.90 Å². The summed E-state index contributed by atoms with van der Waals surface area (Å²) in [4.78, 5) is 25.5. The minimum absolute atomic E-state index is 0.160. The standard InChI is InChI=1S/C15H27N3O5/c1-14(2,3)22-12(19)16-11-9-18(8-7-10(11)17-21)13(20)23-15(4,5)6/h11,21H,7-9H2,1-6H3,(H,16,19). The molecule has 0 spiro atoms. The molecule has 0 saturated carbocycles. The first-order chi connectivity index (χ1) is 10.4. The Labute approximate surface area is 136 Å². The number of hydrogen-bond acceptors (Lipinski definition) is 6. The second kappa shape index (κ2) is 7.06. The van der Waals surface area contributed by atoms with Gasteiger partial charge in [-0.2, -0.15) is 0 Å². The number of ether oxygens (including phenoxy) is 2. The average molecular weight is 329 g/mol. The maximum absolute atomic E-state index is 12.1. The Morgan fingerprint density at radius 2 is 1.74 bits per heavy atom. The summed E-state index contributed by atoms with van der Waals surface area (Å²) in [6.45, 7) is 11.1. The molecular weight excluding hydrogens is 302 g/mol. The lowest BCUT2D eigenvalue weighted by Gasteiger charge is -2.35. The molecule has 2 amide bonds. The molecule has 1 unspecified atom stereocenters. The van der Waals surface area contributed by atoms with Crippen LogP contribution in [-0.4, -0.2) is 58.3 Å². The molecule has 1 heterocycles. The van der Waals surface area contributed by atoms with E-state index in [9.17, 15) is 9.59 Å². The molecule has 1 atom stereocenters. The highest BCUT2D eigenvalue weighted by molar-refractivity contribution is 5.93. The fourth-order valence-corrected chi connectivity index (χ4v) is 2.03. The summed E-state index contributed by atoms with van der Waals surface area (Å²) in [5, 5.41) is 14.9. The molecule has 23 heavy (non-hydrogen) atoms. The Kier molecular flexibility index (Phi) is 5.85. The summed E-state index contributed by atoms with van der Waals surface area (Å²) in [5.74, 6) is 0. The summed E-state index contributed by atoms with van der Waals surface area (Å²) in [5.41, 5.74) is -0.841. The Morgan fingerprint density at radius 3 is 2.22 bits per heavy atom. The van der Waals surface area contributed by atoms with Crippen LogP contribution in [0.4, 0.5) is 9.59 Å². The van der Waals surface area contributed by atoms with Gasteiger partial charge < -0.3 is 24.9 Å². The van der Waals surface area contributed by atoms with E-state index in [-0.39, 0.29) is 6.54 Å². The van der Waals surface area contributed by atoms with Crippen LogP contribution >= 0.6 is 0 Å². The molecule has 1 aliphatic heterocycles. The number of nitrogens with one attached hydrogen (secondary N) is 1. The quantitative estimate of drug-likeness (QED) is 0.568. The lowest BCUT2D eigenvalue weighted by atomic mass is 10.0. The molecule has 8 heteroatoms. The van der Waals surface area contributed by atoms with Crippen LogP contribution in [0, 0.1) is 0 Å². The smallest absolute Gasteiger partial charge is 0.410 e. The second-order valence-corrected chi connectivity index (χ2v) is 7.47. The van der Waals surface area contributed by atoms with Crippen molar-refractivity contribution in [1.82, 2.24) is 10.2 Å². The first-order valence-corrected chi connectivity index (χ1v) is 7.59. The van der Waals surface area contributed by atoms with Crippen molar-refractivity contribution in [2.75, 3.05) is 13.1 Å². The molecule has 132 valence electrons. The molecule has 1 rings (SSSR count). The van der Waals surface area contributed by atoms with Gasteiger partial charge in [0.05, 0.1) is 11.8 Å². The highest BCUT2D eigenvalue weighted by Gasteiger charge is 2.33. The molecule has 0 radical (unpaired) electrons. The number of carbonyl (C=O) groups excluding carboxylic acids is 2. The number of piperidine rings is 1. The van der Waals surface area contributed by atoms with Gasteiger partial charge in [0.25, 0.3) is 0 Å². The van der Waals surface area contributed by atoms with E-state index >= 15 is 0 Å². The zero-order valence-corrected chi connectivity index (χ0v) is 14.7. The van der Waals surface area contributed by atoms with E-state index in [0.717, 1.165) is 0 Å². The minimum atomic E-state index is -0.639. The third kappa shape index (κ3) is 6.75. The van der Waals surface area contributed by atoms with Crippen LogP contribution in [0.5, 0.6) is 0 Å².